The molecule has 1 aliphatic heterocycles. The van der Waals surface area contributed by atoms with E-state index in [1.165, 1.54) is 5.56 Å². The quantitative estimate of drug-likeness (QED) is 0.778. The highest BCUT2D eigenvalue weighted by Crippen LogP contribution is 2.31. The van der Waals surface area contributed by atoms with E-state index >= 15 is 0 Å². The molecule has 1 aliphatic rings. The maximum Gasteiger partial charge on any atom is 0.231 e. The first kappa shape index (κ1) is 19.2. The van der Waals surface area contributed by atoms with E-state index in [1.807, 2.05) is 48.3 Å². The van der Waals surface area contributed by atoms with Gasteiger partial charge < -0.3 is 19.7 Å². The number of ether oxygens (including phenoxy) is 2. The van der Waals surface area contributed by atoms with Crippen LogP contribution in [0.5, 0.6) is 11.5 Å². The van der Waals surface area contributed by atoms with Crippen molar-refractivity contribution in [3.8, 4) is 11.5 Å². The molecule has 0 spiro atoms. The maximum atomic E-state index is 13.1. The van der Waals surface area contributed by atoms with Gasteiger partial charge in [0, 0.05) is 26.7 Å². The summed E-state index contributed by atoms with van der Waals surface area (Å²) < 4.78 is 10.6. The van der Waals surface area contributed by atoms with E-state index in [2.05, 4.69) is 17.4 Å². The summed E-state index contributed by atoms with van der Waals surface area (Å²) in [5.74, 6) is 1.64. The van der Waals surface area contributed by atoms with Crippen LogP contribution in [0.4, 0.5) is 0 Å². The predicted molar refractivity (Wildman–Crippen MR) is 106 cm³/mol. The van der Waals surface area contributed by atoms with Crippen LogP contribution in [0.1, 0.15) is 11.1 Å². The third-order valence-corrected chi connectivity index (χ3v) is 5.30. The fraction of sp³-hybridized carbons (Fsp3) is 0.409. The highest BCUT2D eigenvalue weighted by atomic mass is 16.5. The van der Waals surface area contributed by atoms with Gasteiger partial charge in [-0.15, -0.1) is 0 Å². The van der Waals surface area contributed by atoms with Crippen molar-refractivity contribution in [2.45, 2.75) is 12.8 Å². The van der Waals surface area contributed by atoms with Gasteiger partial charge in [-0.3, -0.25) is 4.79 Å². The first-order chi connectivity index (χ1) is 13.1. The van der Waals surface area contributed by atoms with Crippen molar-refractivity contribution in [1.29, 1.82) is 0 Å². The number of methoxy groups -OCH3 is 2. The van der Waals surface area contributed by atoms with Crippen LogP contribution in [0, 0.1) is 5.41 Å². The second-order valence-corrected chi connectivity index (χ2v) is 7.21. The molecular weight excluding hydrogens is 340 g/mol. The lowest BCUT2D eigenvalue weighted by Gasteiger charge is -2.43. The molecule has 2 aromatic carbocycles. The first-order valence-corrected chi connectivity index (χ1v) is 9.29. The lowest BCUT2D eigenvalue weighted by Crippen LogP contribution is -2.62. The van der Waals surface area contributed by atoms with Gasteiger partial charge in [0.05, 0.1) is 19.6 Å². The van der Waals surface area contributed by atoms with Crippen LogP contribution >= 0.6 is 0 Å². The topological polar surface area (TPSA) is 50.8 Å². The summed E-state index contributed by atoms with van der Waals surface area (Å²) in [6.45, 7) is 2.15. The molecule has 1 amide bonds. The molecular formula is C22H28N2O3. The average molecular weight is 368 g/mol. The minimum Gasteiger partial charge on any atom is -0.493 e. The molecule has 1 N–H and O–H groups in total. The van der Waals surface area contributed by atoms with Crippen LogP contribution in [0.3, 0.4) is 0 Å². The average Bonchev–Trinajstić information content (AvgIpc) is 2.68. The molecule has 1 heterocycles. The summed E-state index contributed by atoms with van der Waals surface area (Å²) in [5.41, 5.74) is 2.00. The van der Waals surface area contributed by atoms with E-state index in [9.17, 15) is 4.79 Å². The van der Waals surface area contributed by atoms with Gasteiger partial charge in [0.1, 0.15) is 0 Å². The predicted octanol–water partition coefficient (Wildman–Crippen LogP) is 2.54. The summed E-state index contributed by atoms with van der Waals surface area (Å²) in [7, 11) is 5.16. The molecule has 0 aromatic heterocycles. The van der Waals surface area contributed by atoms with Gasteiger partial charge in [-0.2, -0.15) is 0 Å². The summed E-state index contributed by atoms with van der Waals surface area (Å²) in [5, 5.41) is 3.28. The van der Waals surface area contributed by atoms with Crippen LogP contribution in [0.15, 0.2) is 48.5 Å². The number of benzene rings is 2. The minimum atomic E-state index is -0.326. The highest BCUT2D eigenvalue weighted by Gasteiger charge is 2.45. The van der Waals surface area contributed by atoms with Crippen molar-refractivity contribution in [2.75, 3.05) is 40.9 Å². The Morgan fingerprint density at radius 1 is 1.04 bits per heavy atom. The Morgan fingerprint density at radius 2 is 1.74 bits per heavy atom. The van der Waals surface area contributed by atoms with Crippen molar-refractivity contribution in [1.82, 2.24) is 10.2 Å². The molecule has 27 heavy (non-hydrogen) atoms. The van der Waals surface area contributed by atoms with E-state index in [1.54, 1.807) is 14.2 Å². The van der Waals surface area contributed by atoms with Gasteiger partial charge in [-0.1, -0.05) is 36.4 Å². The Balaban J connectivity index is 1.63. The van der Waals surface area contributed by atoms with E-state index in [4.69, 9.17) is 9.47 Å². The molecule has 0 aliphatic carbocycles. The zero-order valence-corrected chi connectivity index (χ0v) is 16.3. The molecule has 0 radical (unpaired) electrons. The SMILES string of the molecule is COc1ccc(CCN(C)C(=O)C2(Cc3ccccc3)CNC2)cc1OC. The van der Waals surface area contributed by atoms with Gasteiger partial charge in [0.25, 0.3) is 0 Å². The van der Waals surface area contributed by atoms with Crippen molar-refractivity contribution >= 4 is 5.91 Å². The molecule has 144 valence electrons. The van der Waals surface area contributed by atoms with Crippen molar-refractivity contribution in [2.24, 2.45) is 5.41 Å². The first-order valence-electron chi connectivity index (χ1n) is 9.29. The summed E-state index contributed by atoms with van der Waals surface area (Å²) in [6.07, 6.45) is 1.55. The van der Waals surface area contributed by atoms with Gasteiger partial charge >= 0.3 is 0 Å². The maximum absolute atomic E-state index is 13.1. The van der Waals surface area contributed by atoms with Gasteiger partial charge in [0.2, 0.25) is 5.91 Å². The number of nitrogens with one attached hydrogen (secondary N) is 1. The standard InChI is InChI=1S/C22H28N2O3/c1-24(12-11-17-9-10-19(26-2)20(13-17)27-3)21(25)22(15-23-16-22)14-18-7-5-4-6-8-18/h4-10,13,23H,11-12,14-16H2,1-3H3. The second-order valence-electron chi connectivity index (χ2n) is 7.21. The molecule has 0 unspecified atom stereocenters. The normalized spacial score (nSPS) is 14.9. The largest absolute Gasteiger partial charge is 0.493 e. The summed E-state index contributed by atoms with van der Waals surface area (Å²) >= 11 is 0. The van der Waals surface area contributed by atoms with Gasteiger partial charge in [-0.05, 0) is 36.1 Å². The summed E-state index contributed by atoms with van der Waals surface area (Å²) in [6, 6.07) is 16.1. The van der Waals surface area contributed by atoms with Crippen LogP contribution in [-0.4, -0.2) is 51.7 Å². The highest BCUT2D eigenvalue weighted by molar-refractivity contribution is 5.84. The van der Waals surface area contributed by atoms with E-state index in [0.29, 0.717) is 18.0 Å². The van der Waals surface area contributed by atoms with Crippen molar-refractivity contribution < 1.29 is 14.3 Å². The Kier molecular flexibility index (Phi) is 6.01. The molecule has 3 rings (SSSR count). The van der Waals surface area contributed by atoms with E-state index < -0.39 is 0 Å². The number of likely N-dealkylation sites (N-methyl/N-ethyl adjacent to an activating group) is 1. The number of hydrogen-bond donors (Lipinski definition) is 1. The molecule has 5 nitrogen and oxygen atoms in total. The van der Waals surface area contributed by atoms with Crippen LogP contribution in [-0.2, 0) is 17.6 Å². The Hall–Kier alpha value is -2.53. The monoisotopic (exact) mass is 368 g/mol. The smallest absolute Gasteiger partial charge is 0.231 e. The second kappa shape index (κ2) is 8.44. The van der Waals surface area contributed by atoms with Crippen molar-refractivity contribution in [3.05, 3.63) is 59.7 Å². The Morgan fingerprint density at radius 3 is 2.33 bits per heavy atom. The van der Waals surface area contributed by atoms with Crippen LogP contribution in [0.2, 0.25) is 0 Å². The molecule has 5 heteroatoms. The molecule has 1 fully saturated rings. The van der Waals surface area contributed by atoms with E-state index in [0.717, 1.165) is 31.5 Å². The number of rotatable bonds is 8. The fourth-order valence-electron chi connectivity index (χ4n) is 3.60. The molecule has 0 bridgehead atoms. The van der Waals surface area contributed by atoms with Gasteiger partial charge in [-0.25, -0.2) is 0 Å². The number of carbonyl (C=O) groups is 1. The van der Waals surface area contributed by atoms with E-state index in [-0.39, 0.29) is 11.3 Å². The number of amides is 1. The third-order valence-electron chi connectivity index (χ3n) is 5.30. The molecule has 0 atom stereocenters. The Labute approximate surface area is 161 Å². The van der Waals surface area contributed by atoms with Crippen molar-refractivity contribution in [3.63, 3.8) is 0 Å². The Bertz CT molecular complexity index is 772. The molecule has 0 saturated carbocycles. The summed E-state index contributed by atoms with van der Waals surface area (Å²) in [4.78, 5) is 15.0. The minimum absolute atomic E-state index is 0.213. The molecule has 2 aromatic rings. The third kappa shape index (κ3) is 4.25. The van der Waals surface area contributed by atoms with Crippen LogP contribution < -0.4 is 14.8 Å². The zero-order valence-electron chi connectivity index (χ0n) is 16.3. The lowest BCUT2D eigenvalue weighted by molar-refractivity contribution is -0.143. The number of carbonyl (C=O) groups excluding carboxylic acids is 1. The fourth-order valence-corrected chi connectivity index (χ4v) is 3.60. The van der Waals surface area contributed by atoms with Crippen LogP contribution in [0.25, 0.3) is 0 Å². The number of hydrogen-bond acceptors (Lipinski definition) is 4. The lowest BCUT2D eigenvalue weighted by atomic mass is 9.75. The number of nitrogens with zero attached hydrogens (tertiary/aromatic N) is 1. The zero-order chi connectivity index (χ0) is 19.3. The van der Waals surface area contributed by atoms with Gasteiger partial charge in [0.15, 0.2) is 11.5 Å². The molecule has 1 saturated heterocycles.